The highest BCUT2D eigenvalue weighted by Gasteiger charge is 2.47. The number of rotatable bonds is 6. The van der Waals surface area contributed by atoms with Crippen LogP contribution in [0.4, 0.5) is 8.78 Å². The van der Waals surface area contributed by atoms with Crippen molar-refractivity contribution in [3.05, 3.63) is 60.2 Å². The summed E-state index contributed by atoms with van der Waals surface area (Å²) >= 11 is 0. The molecule has 2 N–H and O–H groups in total. The zero-order valence-electron chi connectivity index (χ0n) is 12.5. The first-order chi connectivity index (χ1) is 10.9. The second kappa shape index (κ2) is 7.19. The van der Waals surface area contributed by atoms with E-state index in [-0.39, 0.29) is 12.2 Å². The number of esters is 1. The predicted octanol–water partition coefficient (Wildman–Crippen LogP) is 3.68. The van der Waals surface area contributed by atoms with Crippen LogP contribution >= 0.6 is 0 Å². The minimum atomic E-state index is -3.79. The standard InChI is InChI=1S/C17H17F2NO3/c1-2-22-16(21)17(18,19)15(20)12-8-10-14(11-9-12)23-13-6-4-3-5-7-13/h3-11,15H,2,20H2,1H3/t15-/m1/s1. The van der Waals surface area contributed by atoms with Gasteiger partial charge in [-0.05, 0) is 36.8 Å². The van der Waals surface area contributed by atoms with E-state index in [9.17, 15) is 13.6 Å². The fourth-order valence-electron chi connectivity index (χ4n) is 1.93. The van der Waals surface area contributed by atoms with Crippen LogP contribution in [0.15, 0.2) is 54.6 Å². The Balaban J connectivity index is 2.11. The zero-order valence-corrected chi connectivity index (χ0v) is 12.5. The number of hydrogen-bond acceptors (Lipinski definition) is 4. The molecular weight excluding hydrogens is 304 g/mol. The molecule has 122 valence electrons. The first-order valence-corrected chi connectivity index (χ1v) is 7.08. The molecule has 0 fully saturated rings. The minimum absolute atomic E-state index is 0.114. The van der Waals surface area contributed by atoms with E-state index < -0.39 is 17.9 Å². The third-order valence-electron chi connectivity index (χ3n) is 3.16. The molecule has 23 heavy (non-hydrogen) atoms. The lowest BCUT2D eigenvalue weighted by molar-refractivity contribution is -0.174. The van der Waals surface area contributed by atoms with Crippen LogP contribution in [0.3, 0.4) is 0 Å². The van der Waals surface area contributed by atoms with Gasteiger partial charge in [-0.15, -0.1) is 0 Å². The Bertz CT molecular complexity index is 645. The van der Waals surface area contributed by atoms with Crippen molar-refractivity contribution >= 4 is 5.97 Å². The summed E-state index contributed by atoms with van der Waals surface area (Å²) in [4.78, 5) is 11.3. The summed E-state index contributed by atoms with van der Waals surface area (Å²) in [6.07, 6.45) is 0. The molecule has 0 aliphatic rings. The Kier molecular flexibility index (Phi) is 5.28. The summed E-state index contributed by atoms with van der Waals surface area (Å²) in [7, 11) is 0. The number of nitrogens with two attached hydrogens (primary N) is 1. The van der Waals surface area contributed by atoms with E-state index in [4.69, 9.17) is 10.5 Å². The molecule has 4 nitrogen and oxygen atoms in total. The monoisotopic (exact) mass is 321 g/mol. The van der Waals surface area contributed by atoms with Crippen LogP contribution in [0.1, 0.15) is 18.5 Å². The van der Waals surface area contributed by atoms with E-state index in [1.807, 2.05) is 18.2 Å². The van der Waals surface area contributed by atoms with Crippen LogP contribution in [0.5, 0.6) is 11.5 Å². The second-order valence-electron chi connectivity index (χ2n) is 4.81. The summed E-state index contributed by atoms with van der Waals surface area (Å²) in [5.74, 6) is -4.32. The number of alkyl halides is 2. The van der Waals surface area contributed by atoms with E-state index in [0.717, 1.165) is 0 Å². The molecule has 0 radical (unpaired) electrons. The van der Waals surface area contributed by atoms with E-state index >= 15 is 0 Å². The molecule has 0 bridgehead atoms. The predicted molar refractivity (Wildman–Crippen MR) is 81.5 cm³/mol. The minimum Gasteiger partial charge on any atom is -0.462 e. The van der Waals surface area contributed by atoms with Gasteiger partial charge in [-0.1, -0.05) is 30.3 Å². The van der Waals surface area contributed by atoms with Crippen LogP contribution in [0.25, 0.3) is 0 Å². The van der Waals surface area contributed by atoms with Gasteiger partial charge in [-0.3, -0.25) is 0 Å². The number of ether oxygens (including phenoxy) is 2. The average molecular weight is 321 g/mol. The number of halogens is 2. The molecular formula is C17H17F2NO3. The first-order valence-electron chi connectivity index (χ1n) is 7.08. The maximum Gasteiger partial charge on any atom is 0.379 e. The Morgan fingerprint density at radius 3 is 2.22 bits per heavy atom. The molecule has 2 aromatic rings. The van der Waals surface area contributed by atoms with Crippen molar-refractivity contribution in [2.24, 2.45) is 5.73 Å². The van der Waals surface area contributed by atoms with Crippen LogP contribution in [-0.2, 0) is 9.53 Å². The molecule has 0 unspecified atom stereocenters. The lowest BCUT2D eigenvalue weighted by Crippen LogP contribution is -2.41. The van der Waals surface area contributed by atoms with Gasteiger partial charge in [0, 0.05) is 0 Å². The highest BCUT2D eigenvalue weighted by Crippen LogP contribution is 2.32. The lowest BCUT2D eigenvalue weighted by Gasteiger charge is -2.22. The zero-order chi connectivity index (χ0) is 16.9. The molecule has 1 atom stereocenters. The SMILES string of the molecule is CCOC(=O)C(F)(F)[C@H](N)c1ccc(Oc2ccccc2)cc1. The van der Waals surface area contributed by atoms with Crippen molar-refractivity contribution in [2.45, 2.75) is 18.9 Å². The van der Waals surface area contributed by atoms with E-state index in [2.05, 4.69) is 4.74 Å². The maximum absolute atomic E-state index is 13.9. The molecule has 2 aromatic carbocycles. The van der Waals surface area contributed by atoms with Crippen LogP contribution in [0, 0.1) is 0 Å². The Hall–Kier alpha value is -2.47. The van der Waals surface area contributed by atoms with Crippen molar-refractivity contribution in [3.8, 4) is 11.5 Å². The van der Waals surface area contributed by atoms with Gasteiger partial charge < -0.3 is 15.2 Å². The first kappa shape index (κ1) is 16.9. The third-order valence-corrected chi connectivity index (χ3v) is 3.16. The van der Waals surface area contributed by atoms with Gasteiger partial charge in [0.05, 0.1) is 6.61 Å². The van der Waals surface area contributed by atoms with Gasteiger partial charge >= 0.3 is 11.9 Å². The molecule has 2 rings (SSSR count). The molecule has 0 saturated heterocycles. The van der Waals surface area contributed by atoms with E-state index in [1.54, 1.807) is 12.1 Å². The molecule has 0 aliphatic heterocycles. The van der Waals surface area contributed by atoms with E-state index in [1.165, 1.54) is 31.2 Å². The van der Waals surface area contributed by atoms with Crippen LogP contribution < -0.4 is 10.5 Å². The van der Waals surface area contributed by atoms with Gasteiger partial charge in [0.25, 0.3) is 0 Å². The summed E-state index contributed by atoms with van der Waals surface area (Å²) in [5.41, 5.74) is 5.63. The largest absolute Gasteiger partial charge is 0.462 e. The molecule has 6 heteroatoms. The third kappa shape index (κ3) is 4.04. The van der Waals surface area contributed by atoms with Crippen LogP contribution in [-0.4, -0.2) is 18.5 Å². The van der Waals surface area contributed by atoms with Gasteiger partial charge in [-0.25, -0.2) is 4.79 Å². The van der Waals surface area contributed by atoms with Gasteiger partial charge in [0.15, 0.2) is 0 Å². The van der Waals surface area contributed by atoms with Gasteiger partial charge in [-0.2, -0.15) is 8.78 Å². The Morgan fingerprint density at radius 2 is 1.65 bits per heavy atom. The number of para-hydroxylation sites is 1. The quantitative estimate of drug-likeness (QED) is 0.825. The van der Waals surface area contributed by atoms with Crippen molar-refractivity contribution in [1.82, 2.24) is 0 Å². The average Bonchev–Trinajstić information content (AvgIpc) is 2.56. The fourth-order valence-corrected chi connectivity index (χ4v) is 1.93. The Labute approximate surface area is 132 Å². The molecule has 0 aliphatic carbocycles. The second-order valence-corrected chi connectivity index (χ2v) is 4.81. The number of carbonyl (C=O) groups excluding carboxylic acids is 1. The summed E-state index contributed by atoms with van der Waals surface area (Å²) in [6.45, 7) is 1.32. The van der Waals surface area contributed by atoms with Gasteiger partial charge in [0.1, 0.15) is 17.5 Å². The van der Waals surface area contributed by atoms with Crippen LogP contribution in [0.2, 0.25) is 0 Å². The highest BCUT2D eigenvalue weighted by atomic mass is 19.3. The summed E-state index contributed by atoms with van der Waals surface area (Å²) < 4.78 is 37.7. The highest BCUT2D eigenvalue weighted by molar-refractivity contribution is 5.78. The summed E-state index contributed by atoms with van der Waals surface area (Å²) in [6, 6.07) is 13.1. The number of hydrogen-bond donors (Lipinski definition) is 1. The lowest BCUT2D eigenvalue weighted by atomic mass is 10.0. The Morgan fingerprint density at radius 1 is 1.09 bits per heavy atom. The topological polar surface area (TPSA) is 61.5 Å². The van der Waals surface area contributed by atoms with Crippen molar-refractivity contribution in [3.63, 3.8) is 0 Å². The fraction of sp³-hybridized carbons (Fsp3) is 0.235. The maximum atomic E-state index is 13.9. The van der Waals surface area contributed by atoms with Crippen molar-refractivity contribution in [2.75, 3.05) is 6.61 Å². The van der Waals surface area contributed by atoms with Crippen molar-refractivity contribution < 1.29 is 23.0 Å². The smallest absolute Gasteiger partial charge is 0.379 e. The molecule has 0 amide bonds. The molecule has 0 saturated carbocycles. The number of carbonyl (C=O) groups is 1. The molecule has 0 spiro atoms. The summed E-state index contributed by atoms with van der Waals surface area (Å²) in [5, 5.41) is 0. The molecule has 0 heterocycles. The van der Waals surface area contributed by atoms with Crippen molar-refractivity contribution in [1.29, 1.82) is 0 Å². The normalized spacial score (nSPS) is 12.5. The molecule has 0 aromatic heterocycles. The number of benzene rings is 2. The van der Waals surface area contributed by atoms with Gasteiger partial charge in [0.2, 0.25) is 0 Å². The van der Waals surface area contributed by atoms with E-state index in [0.29, 0.717) is 11.5 Å².